The molecule has 0 fully saturated rings. The highest BCUT2D eigenvalue weighted by atomic mass is 16.5. The van der Waals surface area contributed by atoms with Crippen LogP contribution in [0.5, 0.6) is 0 Å². The van der Waals surface area contributed by atoms with Gasteiger partial charge < -0.3 is 15.0 Å². The number of carbonyl (C=O) groups excluding carboxylic acids is 1. The number of hydrogen-bond acceptors (Lipinski definition) is 4. The van der Waals surface area contributed by atoms with Crippen LogP contribution in [-0.2, 0) is 9.53 Å². The van der Waals surface area contributed by atoms with Crippen molar-refractivity contribution >= 4 is 11.7 Å². The molecule has 1 aromatic carbocycles. The Bertz CT molecular complexity index is 446. The normalized spacial score (nSPS) is 12.1. The maximum Gasteiger partial charge on any atom is 0.324 e. The van der Waals surface area contributed by atoms with Gasteiger partial charge in [0.1, 0.15) is 6.04 Å². The third-order valence-electron chi connectivity index (χ3n) is 3.35. The van der Waals surface area contributed by atoms with Crippen LogP contribution in [-0.4, -0.2) is 39.3 Å². The second kappa shape index (κ2) is 7.90. The van der Waals surface area contributed by atoms with E-state index in [1.807, 2.05) is 7.05 Å². The molecule has 0 aromatic heterocycles. The van der Waals surface area contributed by atoms with Gasteiger partial charge in [-0.05, 0) is 38.4 Å². The summed E-state index contributed by atoms with van der Waals surface area (Å²) in [7, 11) is 3.43. The maximum absolute atomic E-state index is 11.8. The van der Waals surface area contributed by atoms with Gasteiger partial charge in [0.25, 0.3) is 0 Å². The molecule has 0 aliphatic rings. The second-order valence-corrected chi connectivity index (χ2v) is 5.20. The number of nitrogens with zero attached hydrogens (tertiary/aromatic N) is 1. The molecule has 0 amide bonds. The zero-order valence-corrected chi connectivity index (χ0v) is 13.2. The number of benzene rings is 1. The first-order valence-corrected chi connectivity index (χ1v) is 7.09. The zero-order valence-electron chi connectivity index (χ0n) is 13.2. The first kappa shape index (κ1) is 16.5. The Morgan fingerprint density at radius 2 is 2.10 bits per heavy atom. The molecule has 20 heavy (non-hydrogen) atoms. The Labute approximate surface area is 122 Å². The molecule has 1 aromatic rings. The quantitative estimate of drug-likeness (QED) is 0.777. The van der Waals surface area contributed by atoms with Crippen molar-refractivity contribution in [3.8, 4) is 0 Å². The van der Waals surface area contributed by atoms with Crippen molar-refractivity contribution < 1.29 is 9.53 Å². The molecule has 4 heteroatoms. The largest absolute Gasteiger partial charge is 0.468 e. The van der Waals surface area contributed by atoms with Gasteiger partial charge >= 0.3 is 5.97 Å². The van der Waals surface area contributed by atoms with E-state index < -0.39 is 0 Å². The van der Waals surface area contributed by atoms with Crippen LogP contribution in [0.4, 0.5) is 5.69 Å². The highest BCUT2D eigenvalue weighted by Crippen LogP contribution is 2.20. The fourth-order valence-corrected chi connectivity index (χ4v) is 2.29. The van der Waals surface area contributed by atoms with E-state index in [1.54, 1.807) is 0 Å². The van der Waals surface area contributed by atoms with Crippen LogP contribution in [0.15, 0.2) is 18.2 Å². The summed E-state index contributed by atoms with van der Waals surface area (Å²) in [4.78, 5) is 13.9. The number of esters is 1. The van der Waals surface area contributed by atoms with Crippen molar-refractivity contribution in [3.63, 3.8) is 0 Å². The van der Waals surface area contributed by atoms with Crippen LogP contribution in [0.3, 0.4) is 0 Å². The molecule has 0 saturated heterocycles. The first-order chi connectivity index (χ1) is 9.49. The number of ether oxygens (including phenoxy) is 1. The average Bonchev–Trinajstić information content (AvgIpc) is 2.42. The third-order valence-corrected chi connectivity index (χ3v) is 3.35. The average molecular weight is 278 g/mol. The summed E-state index contributed by atoms with van der Waals surface area (Å²) in [6.45, 7) is 7.65. The lowest BCUT2D eigenvalue weighted by Crippen LogP contribution is -2.46. The molecule has 1 rings (SSSR count). The molecule has 0 saturated carbocycles. The summed E-state index contributed by atoms with van der Waals surface area (Å²) >= 11 is 0. The molecule has 0 bridgehead atoms. The van der Waals surface area contributed by atoms with Crippen LogP contribution >= 0.6 is 0 Å². The number of rotatable bonds is 7. The van der Waals surface area contributed by atoms with E-state index >= 15 is 0 Å². The highest BCUT2D eigenvalue weighted by molar-refractivity contribution is 5.76. The van der Waals surface area contributed by atoms with Crippen molar-refractivity contribution in [1.82, 2.24) is 5.32 Å². The summed E-state index contributed by atoms with van der Waals surface area (Å²) in [5.41, 5.74) is 3.60. The van der Waals surface area contributed by atoms with Crippen molar-refractivity contribution in [2.75, 3.05) is 32.1 Å². The highest BCUT2D eigenvalue weighted by Gasteiger charge is 2.20. The fourth-order valence-electron chi connectivity index (χ4n) is 2.29. The summed E-state index contributed by atoms with van der Waals surface area (Å²) < 4.78 is 4.87. The van der Waals surface area contributed by atoms with Crippen molar-refractivity contribution in [2.45, 2.75) is 33.2 Å². The van der Waals surface area contributed by atoms with Crippen molar-refractivity contribution in [2.24, 2.45) is 0 Å². The van der Waals surface area contributed by atoms with Gasteiger partial charge in [-0.1, -0.05) is 24.6 Å². The number of hydrogen-bond donors (Lipinski definition) is 1. The lowest BCUT2D eigenvalue weighted by Gasteiger charge is -2.26. The zero-order chi connectivity index (χ0) is 15.1. The number of methoxy groups -OCH3 is 1. The smallest absolute Gasteiger partial charge is 0.324 e. The lowest BCUT2D eigenvalue weighted by molar-refractivity contribution is -0.142. The van der Waals surface area contributed by atoms with Crippen LogP contribution < -0.4 is 10.2 Å². The molecular formula is C16H26N2O2. The van der Waals surface area contributed by atoms with Gasteiger partial charge in [-0.25, -0.2) is 0 Å². The second-order valence-electron chi connectivity index (χ2n) is 5.20. The molecular weight excluding hydrogens is 252 g/mol. The van der Waals surface area contributed by atoms with E-state index in [0.717, 1.165) is 18.7 Å². The van der Waals surface area contributed by atoms with Gasteiger partial charge in [0, 0.05) is 19.3 Å². The van der Waals surface area contributed by atoms with Gasteiger partial charge in [0.05, 0.1) is 7.11 Å². The van der Waals surface area contributed by atoms with Gasteiger partial charge in [0.2, 0.25) is 0 Å². The van der Waals surface area contributed by atoms with E-state index in [4.69, 9.17) is 4.74 Å². The van der Waals surface area contributed by atoms with E-state index in [0.29, 0.717) is 6.54 Å². The van der Waals surface area contributed by atoms with Crippen molar-refractivity contribution in [1.29, 1.82) is 0 Å². The number of likely N-dealkylation sites (N-methyl/N-ethyl adjacent to an activating group) is 1. The Kier molecular flexibility index (Phi) is 6.52. The minimum absolute atomic E-state index is 0.213. The molecule has 1 N–H and O–H groups in total. The van der Waals surface area contributed by atoms with E-state index in [9.17, 15) is 4.79 Å². The Morgan fingerprint density at radius 3 is 2.65 bits per heavy atom. The van der Waals surface area contributed by atoms with Crippen molar-refractivity contribution in [3.05, 3.63) is 29.3 Å². The molecule has 112 valence electrons. The predicted octanol–water partition coefficient (Wildman–Crippen LogP) is 2.28. The molecule has 4 nitrogen and oxygen atoms in total. The summed E-state index contributed by atoms with van der Waals surface area (Å²) in [5, 5.41) is 3.24. The van der Waals surface area contributed by atoms with Crippen LogP contribution in [0.2, 0.25) is 0 Å². The van der Waals surface area contributed by atoms with Gasteiger partial charge in [0.15, 0.2) is 0 Å². The molecule has 0 aliphatic carbocycles. The molecule has 1 unspecified atom stereocenters. The molecule has 0 spiro atoms. The van der Waals surface area contributed by atoms with E-state index in [1.165, 1.54) is 18.2 Å². The molecule has 0 heterocycles. The lowest BCUT2D eigenvalue weighted by atomic mass is 10.1. The standard InChI is InChI=1S/C16H26N2O2/c1-6-9-17-14(16(19)20-5)11-18(4)15-8-7-12(2)10-13(15)3/h7-8,10,14,17H,6,9,11H2,1-5H3. The molecule has 0 radical (unpaired) electrons. The Balaban J connectivity index is 2.78. The fraction of sp³-hybridized carbons (Fsp3) is 0.562. The topological polar surface area (TPSA) is 41.6 Å². The van der Waals surface area contributed by atoms with E-state index in [2.05, 4.69) is 49.2 Å². The SMILES string of the molecule is CCCNC(CN(C)c1ccc(C)cc1C)C(=O)OC. The van der Waals surface area contributed by atoms with E-state index in [-0.39, 0.29) is 12.0 Å². The number of carbonyl (C=O) groups is 1. The first-order valence-electron chi connectivity index (χ1n) is 7.09. The number of nitrogens with one attached hydrogen (secondary N) is 1. The molecule has 1 atom stereocenters. The van der Waals surface area contributed by atoms with Gasteiger partial charge in [-0.3, -0.25) is 4.79 Å². The third kappa shape index (κ3) is 4.53. The summed E-state index contributed by atoms with van der Waals surface area (Å²) in [5.74, 6) is -0.213. The Hall–Kier alpha value is -1.55. The number of aryl methyl sites for hydroxylation is 2. The number of anilines is 1. The van der Waals surface area contributed by atoms with Crippen LogP contribution in [0.1, 0.15) is 24.5 Å². The van der Waals surface area contributed by atoms with Gasteiger partial charge in [-0.15, -0.1) is 0 Å². The minimum Gasteiger partial charge on any atom is -0.468 e. The van der Waals surface area contributed by atoms with Gasteiger partial charge in [-0.2, -0.15) is 0 Å². The monoisotopic (exact) mass is 278 g/mol. The summed E-state index contributed by atoms with van der Waals surface area (Å²) in [6.07, 6.45) is 0.987. The van der Waals surface area contributed by atoms with Crippen LogP contribution in [0, 0.1) is 13.8 Å². The van der Waals surface area contributed by atoms with Crippen LogP contribution in [0.25, 0.3) is 0 Å². The Morgan fingerprint density at radius 1 is 1.40 bits per heavy atom. The predicted molar refractivity (Wildman–Crippen MR) is 83.3 cm³/mol. The summed E-state index contributed by atoms with van der Waals surface area (Å²) in [6, 6.07) is 6.04. The molecule has 0 aliphatic heterocycles. The maximum atomic E-state index is 11.8. The minimum atomic E-state index is -0.300.